The minimum absolute atomic E-state index is 0.0342. The number of nitrogens with zero attached hydrogens (tertiary/aromatic N) is 2. The van der Waals surface area contributed by atoms with Gasteiger partial charge in [0, 0.05) is 19.1 Å². The van der Waals surface area contributed by atoms with Crippen molar-refractivity contribution in [1.82, 2.24) is 14.5 Å². The molecule has 2 N–H and O–H groups in total. The second kappa shape index (κ2) is 13.1. The molecule has 2 fully saturated rings. The molecule has 2 aliphatic rings. The molecule has 0 spiro atoms. The third-order valence-corrected chi connectivity index (χ3v) is 9.09. The fourth-order valence-corrected chi connectivity index (χ4v) is 7.00. The van der Waals surface area contributed by atoms with Gasteiger partial charge in [0.1, 0.15) is 6.61 Å². The van der Waals surface area contributed by atoms with Crippen molar-refractivity contribution >= 4 is 28.0 Å². The minimum Gasteiger partial charge on any atom is -0.481 e. The van der Waals surface area contributed by atoms with Gasteiger partial charge in [-0.3, -0.25) is 14.5 Å². The molecule has 0 aromatic heterocycles. The van der Waals surface area contributed by atoms with Gasteiger partial charge in [-0.15, -0.1) is 0 Å². The van der Waals surface area contributed by atoms with Gasteiger partial charge in [-0.05, 0) is 29.9 Å². The van der Waals surface area contributed by atoms with Crippen molar-refractivity contribution in [2.75, 3.05) is 13.1 Å². The molecule has 2 unspecified atom stereocenters. The van der Waals surface area contributed by atoms with Crippen molar-refractivity contribution in [3.05, 3.63) is 71.8 Å². The van der Waals surface area contributed by atoms with Crippen molar-refractivity contribution in [2.45, 2.75) is 63.1 Å². The summed E-state index contributed by atoms with van der Waals surface area (Å²) in [6, 6.07) is 17.0. The van der Waals surface area contributed by atoms with Crippen LogP contribution in [0.3, 0.4) is 0 Å². The van der Waals surface area contributed by atoms with Crippen LogP contribution in [0.25, 0.3) is 0 Å². The molecule has 2 atom stereocenters. The van der Waals surface area contributed by atoms with E-state index >= 15 is 0 Å². The summed E-state index contributed by atoms with van der Waals surface area (Å²) >= 11 is 0. The lowest BCUT2D eigenvalue weighted by Gasteiger charge is -2.33. The van der Waals surface area contributed by atoms with Crippen molar-refractivity contribution < 1.29 is 32.6 Å². The van der Waals surface area contributed by atoms with Crippen LogP contribution in [0.1, 0.15) is 49.7 Å². The number of nitrogens with one attached hydrogen (secondary N) is 1. The van der Waals surface area contributed by atoms with Crippen LogP contribution in [-0.2, 0) is 36.7 Å². The summed E-state index contributed by atoms with van der Waals surface area (Å²) in [7, 11) is -4.02. The molecular formula is C28H35N3O7S. The van der Waals surface area contributed by atoms with Crippen molar-refractivity contribution in [1.29, 1.82) is 0 Å². The average Bonchev–Trinajstić information content (AvgIpc) is 3.39. The molecule has 2 aromatic rings. The Labute approximate surface area is 229 Å². The maximum Gasteiger partial charge on any atom is 0.411 e. The number of carboxylic acid groups (broad SMARTS) is 1. The summed E-state index contributed by atoms with van der Waals surface area (Å²) in [6.07, 6.45) is 1.91. The molecule has 1 saturated carbocycles. The second-order valence-corrected chi connectivity index (χ2v) is 12.0. The Morgan fingerprint density at radius 3 is 2.15 bits per heavy atom. The summed E-state index contributed by atoms with van der Waals surface area (Å²) < 4.78 is 33.5. The fourth-order valence-electron chi connectivity index (χ4n) is 5.35. The number of hydrogen-bond acceptors (Lipinski definition) is 6. The first-order chi connectivity index (χ1) is 18.7. The Bertz CT molecular complexity index is 1230. The standard InChI is InChI=1S/C28H35N3O7S/c32-25(33)18-24(23-14-8-3-9-15-23)29-26(34)27-30(28(35)38-19-21-10-4-1-5-11-21)16-17-31(27)39(36,37)20-22-12-6-2-7-13-22/h1-2,4-7,10-13,23-24,27H,3,8-9,14-20H2,(H,29,34)(H,32,33). The zero-order chi connectivity index (χ0) is 27.8. The molecular weight excluding hydrogens is 522 g/mol. The lowest BCUT2D eigenvalue weighted by atomic mass is 9.82. The quantitative estimate of drug-likeness (QED) is 0.458. The van der Waals surface area contributed by atoms with Gasteiger partial charge in [0.15, 0.2) is 6.17 Å². The lowest BCUT2D eigenvalue weighted by Crippen LogP contribution is -2.57. The molecule has 0 radical (unpaired) electrons. The molecule has 10 nitrogen and oxygen atoms in total. The van der Waals surface area contributed by atoms with Crippen molar-refractivity contribution in [3.63, 3.8) is 0 Å². The Morgan fingerprint density at radius 1 is 0.923 bits per heavy atom. The van der Waals surface area contributed by atoms with E-state index in [4.69, 9.17) is 4.74 Å². The number of aliphatic carboxylic acids is 1. The molecule has 0 bridgehead atoms. The normalized spacial score (nSPS) is 19.4. The molecule has 2 amide bonds. The highest BCUT2D eigenvalue weighted by atomic mass is 32.2. The van der Waals surface area contributed by atoms with Gasteiger partial charge >= 0.3 is 12.1 Å². The lowest BCUT2D eigenvalue weighted by molar-refractivity contribution is -0.138. The SMILES string of the molecule is O=C(O)CC(NC(=O)C1N(C(=O)OCc2ccccc2)CCN1S(=O)(=O)Cc1ccccc1)C1CCCCC1. The van der Waals surface area contributed by atoms with E-state index in [0.717, 1.165) is 46.9 Å². The highest BCUT2D eigenvalue weighted by Gasteiger charge is 2.47. The number of ether oxygens (including phenoxy) is 1. The van der Waals surface area contributed by atoms with Crippen LogP contribution in [0.2, 0.25) is 0 Å². The van der Waals surface area contributed by atoms with E-state index < -0.39 is 40.2 Å². The third kappa shape index (κ3) is 7.57. The van der Waals surface area contributed by atoms with Crippen LogP contribution in [0.15, 0.2) is 60.7 Å². The molecule has 1 aliphatic carbocycles. The zero-order valence-electron chi connectivity index (χ0n) is 21.8. The van der Waals surface area contributed by atoms with E-state index in [9.17, 15) is 27.9 Å². The van der Waals surface area contributed by atoms with E-state index in [1.54, 1.807) is 54.6 Å². The molecule has 1 heterocycles. The third-order valence-electron chi connectivity index (χ3n) is 7.29. The van der Waals surface area contributed by atoms with Crippen LogP contribution in [0.5, 0.6) is 0 Å². The summed E-state index contributed by atoms with van der Waals surface area (Å²) in [5, 5.41) is 12.3. The van der Waals surface area contributed by atoms with E-state index in [1.807, 2.05) is 6.07 Å². The summed E-state index contributed by atoms with van der Waals surface area (Å²) in [4.78, 5) is 39.6. The van der Waals surface area contributed by atoms with Crippen molar-refractivity contribution in [2.24, 2.45) is 5.92 Å². The number of rotatable bonds is 10. The number of carbonyl (C=O) groups is 3. The Kier molecular flexibility index (Phi) is 9.58. The van der Waals surface area contributed by atoms with E-state index in [0.29, 0.717) is 5.56 Å². The second-order valence-electron chi connectivity index (χ2n) is 10.1. The van der Waals surface area contributed by atoms with E-state index in [1.165, 1.54) is 0 Å². The predicted molar refractivity (Wildman–Crippen MR) is 144 cm³/mol. The summed E-state index contributed by atoms with van der Waals surface area (Å²) in [5.74, 6) is -2.15. The van der Waals surface area contributed by atoms with Gasteiger partial charge in [0.05, 0.1) is 12.2 Å². The first-order valence-corrected chi connectivity index (χ1v) is 14.9. The molecule has 2 aromatic carbocycles. The van der Waals surface area contributed by atoms with Gasteiger partial charge in [0.2, 0.25) is 10.0 Å². The minimum atomic E-state index is -4.02. The first kappa shape index (κ1) is 28.6. The van der Waals surface area contributed by atoms with Crippen molar-refractivity contribution in [3.8, 4) is 0 Å². The van der Waals surface area contributed by atoms with Gasteiger partial charge in [0.25, 0.3) is 5.91 Å². The molecule has 1 aliphatic heterocycles. The van der Waals surface area contributed by atoms with Crippen LogP contribution < -0.4 is 5.32 Å². The smallest absolute Gasteiger partial charge is 0.411 e. The summed E-state index contributed by atoms with van der Waals surface area (Å²) in [6.45, 7) is -0.154. The number of benzene rings is 2. The van der Waals surface area contributed by atoms with Crippen LogP contribution in [0, 0.1) is 5.92 Å². The van der Waals surface area contributed by atoms with Gasteiger partial charge in [-0.1, -0.05) is 79.9 Å². The van der Waals surface area contributed by atoms with Crippen LogP contribution in [-0.4, -0.2) is 66.0 Å². The molecule has 210 valence electrons. The fraction of sp³-hybridized carbons (Fsp3) is 0.464. The number of hydrogen-bond donors (Lipinski definition) is 2. The largest absolute Gasteiger partial charge is 0.481 e. The Morgan fingerprint density at radius 2 is 1.54 bits per heavy atom. The molecule has 39 heavy (non-hydrogen) atoms. The topological polar surface area (TPSA) is 133 Å². The summed E-state index contributed by atoms with van der Waals surface area (Å²) in [5.41, 5.74) is 1.30. The van der Waals surface area contributed by atoms with Gasteiger partial charge < -0.3 is 15.2 Å². The Balaban J connectivity index is 1.57. The molecule has 4 rings (SSSR count). The monoisotopic (exact) mass is 557 g/mol. The van der Waals surface area contributed by atoms with Gasteiger partial charge in [-0.2, -0.15) is 4.31 Å². The maximum atomic E-state index is 13.7. The van der Waals surface area contributed by atoms with Crippen LogP contribution >= 0.6 is 0 Å². The number of amides is 2. The number of carboxylic acids is 1. The highest BCUT2D eigenvalue weighted by molar-refractivity contribution is 7.88. The number of carbonyl (C=O) groups excluding carboxylic acids is 2. The maximum absolute atomic E-state index is 13.7. The average molecular weight is 558 g/mol. The van der Waals surface area contributed by atoms with E-state index in [2.05, 4.69) is 5.32 Å². The van der Waals surface area contributed by atoms with E-state index in [-0.39, 0.29) is 37.8 Å². The zero-order valence-corrected chi connectivity index (χ0v) is 22.6. The predicted octanol–water partition coefficient (Wildman–Crippen LogP) is 3.34. The van der Waals surface area contributed by atoms with Crippen LogP contribution in [0.4, 0.5) is 4.79 Å². The first-order valence-electron chi connectivity index (χ1n) is 13.3. The van der Waals surface area contributed by atoms with Gasteiger partial charge in [-0.25, -0.2) is 13.2 Å². The Hall–Kier alpha value is -3.44. The molecule has 1 saturated heterocycles. The highest BCUT2D eigenvalue weighted by Crippen LogP contribution is 2.29. The molecule has 11 heteroatoms. The number of sulfonamides is 1.